The summed E-state index contributed by atoms with van der Waals surface area (Å²) in [6.07, 6.45) is 0.735. The monoisotopic (exact) mass is 424 g/mol. The van der Waals surface area contributed by atoms with Crippen LogP contribution >= 0.6 is 11.3 Å². The molecule has 3 heterocycles. The Balaban J connectivity index is 1.71. The molecule has 1 amide bonds. The zero-order valence-electron chi connectivity index (χ0n) is 17.2. The normalized spacial score (nSPS) is 17.0. The summed E-state index contributed by atoms with van der Waals surface area (Å²) in [7, 11) is 3.94. The first-order valence-electron chi connectivity index (χ1n) is 9.84. The van der Waals surface area contributed by atoms with Crippen LogP contribution in [0.1, 0.15) is 33.5 Å². The van der Waals surface area contributed by atoms with Gasteiger partial charge in [-0.15, -0.1) is 11.3 Å². The Labute approximate surface area is 179 Å². The lowest BCUT2D eigenvalue weighted by Gasteiger charge is -2.26. The lowest BCUT2D eigenvalue weighted by Crippen LogP contribution is -2.33. The average molecular weight is 425 g/mol. The van der Waals surface area contributed by atoms with Gasteiger partial charge in [0, 0.05) is 16.8 Å². The number of Topliss-reactive ketones (excluding diaryl/α,β-unsaturated/α-hetero) is 1. The molecule has 0 fully saturated rings. The van der Waals surface area contributed by atoms with Crippen molar-refractivity contribution in [2.45, 2.75) is 19.4 Å². The molecule has 7 heteroatoms. The Morgan fingerprint density at radius 2 is 2.07 bits per heavy atom. The van der Waals surface area contributed by atoms with Gasteiger partial charge in [0.25, 0.3) is 5.91 Å². The molecule has 6 nitrogen and oxygen atoms in total. The molecule has 0 radical (unpaired) electrons. The van der Waals surface area contributed by atoms with Gasteiger partial charge in [0.05, 0.1) is 11.6 Å². The molecule has 30 heavy (non-hydrogen) atoms. The Morgan fingerprint density at radius 3 is 2.77 bits per heavy atom. The highest BCUT2D eigenvalue weighted by molar-refractivity contribution is 7.10. The van der Waals surface area contributed by atoms with Crippen molar-refractivity contribution in [3.63, 3.8) is 0 Å². The van der Waals surface area contributed by atoms with E-state index in [2.05, 4.69) is 0 Å². The van der Waals surface area contributed by atoms with E-state index in [9.17, 15) is 14.7 Å². The summed E-state index contributed by atoms with van der Waals surface area (Å²) in [6.45, 7) is 3.21. The number of carbonyl (C=O) groups excluding carboxylic acids is 2. The molecule has 0 spiro atoms. The highest BCUT2D eigenvalue weighted by Crippen LogP contribution is 2.41. The molecule has 0 saturated carbocycles. The number of aliphatic hydroxyl groups is 1. The minimum absolute atomic E-state index is 0.0862. The van der Waals surface area contributed by atoms with Crippen molar-refractivity contribution in [1.29, 1.82) is 0 Å². The minimum atomic E-state index is -0.609. The summed E-state index contributed by atoms with van der Waals surface area (Å²) in [6, 6.07) is 10.5. The molecule has 1 N–H and O–H groups in total. The van der Waals surface area contributed by atoms with E-state index < -0.39 is 23.5 Å². The van der Waals surface area contributed by atoms with E-state index in [1.54, 1.807) is 11.0 Å². The van der Waals surface area contributed by atoms with Crippen LogP contribution < -0.4 is 0 Å². The lowest BCUT2D eigenvalue weighted by molar-refractivity contribution is -0.129. The molecular weight excluding hydrogens is 400 g/mol. The van der Waals surface area contributed by atoms with E-state index in [0.29, 0.717) is 12.1 Å². The zero-order valence-corrected chi connectivity index (χ0v) is 18.0. The molecule has 4 rings (SSSR count). The van der Waals surface area contributed by atoms with Gasteiger partial charge in [0.1, 0.15) is 5.58 Å². The van der Waals surface area contributed by atoms with Gasteiger partial charge < -0.3 is 19.3 Å². The van der Waals surface area contributed by atoms with Gasteiger partial charge in [-0.2, -0.15) is 0 Å². The van der Waals surface area contributed by atoms with Crippen molar-refractivity contribution in [2.24, 2.45) is 0 Å². The molecule has 3 aromatic rings. The molecule has 1 aliphatic heterocycles. The third kappa shape index (κ3) is 3.66. The fraction of sp³-hybridized carbons (Fsp3) is 0.304. The number of furan rings is 1. The Bertz CT molecular complexity index is 1130. The number of rotatable bonds is 7. The van der Waals surface area contributed by atoms with Crippen molar-refractivity contribution in [3.05, 3.63) is 69.3 Å². The second-order valence-electron chi connectivity index (χ2n) is 7.82. The maximum Gasteiger partial charge on any atom is 0.290 e. The second-order valence-corrected chi connectivity index (χ2v) is 8.80. The fourth-order valence-corrected chi connectivity index (χ4v) is 4.67. The number of benzene rings is 1. The molecule has 0 saturated heterocycles. The minimum Gasteiger partial charge on any atom is -0.503 e. The maximum atomic E-state index is 13.4. The van der Waals surface area contributed by atoms with Crippen LogP contribution in [-0.4, -0.2) is 53.8 Å². The van der Waals surface area contributed by atoms with Crippen LogP contribution in [0.5, 0.6) is 0 Å². The van der Waals surface area contributed by atoms with E-state index >= 15 is 0 Å². The van der Waals surface area contributed by atoms with Gasteiger partial charge >= 0.3 is 0 Å². The number of aliphatic hydroxyl groups excluding tert-OH is 1. The number of hydrogen-bond donors (Lipinski definition) is 1. The highest BCUT2D eigenvalue weighted by Gasteiger charge is 2.44. The van der Waals surface area contributed by atoms with Gasteiger partial charge in [0.15, 0.2) is 11.5 Å². The van der Waals surface area contributed by atoms with Gasteiger partial charge in [-0.3, -0.25) is 9.59 Å². The number of nitrogens with zero attached hydrogens (tertiary/aromatic N) is 2. The average Bonchev–Trinajstić information content (AvgIpc) is 3.41. The predicted octanol–water partition coefficient (Wildman–Crippen LogP) is 4.33. The van der Waals surface area contributed by atoms with Crippen molar-refractivity contribution in [3.8, 4) is 0 Å². The summed E-state index contributed by atoms with van der Waals surface area (Å²) < 4.78 is 5.77. The highest BCUT2D eigenvalue weighted by atomic mass is 32.1. The van der Waals surface area contributed by atoms with Gasteiger partial charge in [-0.05, 0) is 63.6 Å². The van der Waals surface area contributed by atoms with Crippen molar-refractivity contribution < 1.29 is 19.1 Å². The smallest absolute Gasteiger partial charge is 0.290 e. The lowest BCUT2D eigenvalue weighted by atomic mass is 10.00. The molecule has 1 atom stereocenters. The van der Waals surface area contributed by atoms with Crippen molar-refractivity contribution in [2.75, 3.05) is 27.2 Å². The van der Waals surface area contributed by atoms with Crippen LogP contribution in [0, 0.1) is 6.92 Å². The summed E-state index contributed by atoms with van der Waals surface area (Å²) in [4.78, 5) is 30.7. The van der Waals surface area contributed by atoms with Gasteiger partial charge in [-0.25, -0.2) is 0 Å². The van der Waals surface area contributed by atoms with E-state index in [1.807, 2.05) is 61.6 Å². The third-order valence-electron chi connectivity index (χ3n) is 5.26. The first-order chi connectivity index (χ1) is 14.4. The second kappa shape index (κ2) is 8.08. The molecular formula is C23H24N2O4S. The Morgan fingerprint density at radius 1 is 1.27 bits per heavy atom. The summed E-state index contributed by atoms with van der Waals surface area (Å²) in [5, 5.41) is 13.4. The standard InChI is InChI=1S/C23H24N2O4S/c1-14-7-8-16-15(12-14)13-17(29-16)21(26)19-20(18-6-4-11-30-18)25(23(28)22(19)27)10-5-9-24(2)3/h4,6-8,11-13,20,27H,5,9-10H2,1-3H3. The summed E-state index contributed by atoms with van der Waals surface area (Å²) in [5.41, 5.74) is 1.75. The fourth-order valence-electron chi connectivity index (χ4n) is 3.82. The molecule has 0 bridgehead atoms. The summed E-state index contributed by atoms with van der Waals surface area (Å²) >= 11 is 1.46. The van der Waals surface area contributed by atoms with E-state index in [0.717, 1.165) is 28.8 Å². The van der Waals surface area contributed by atoms with Crippen LogP contribution in [-0.2, 0) is 4.79 Å². The number of hydrogen-bond acceptors (Lipinski definition) is 6. The first kappa shape index (κ1) is 20.4. The number of carbonyl (C=O) groups is 2. The predicted molar refractivity (Wildman–Crippen MR) is 117 cm³/mol. The zero-order chi connectivity index (χ0) is 21.4. The number of ketones is 1. The number of aryl methyl sites for hydroxylation is 1. The van der Waals surface area contributed by atoms with Gasteiger partial charge in [-0.1, -0.05) is 17.7 Å². The SMILES string of the molecule is Cc1ccc2oc(C(=O)C3=C(O)C(=O)N(CCCN(C)C)C3c3cccs3)cc2c1. The molecule has 2 aromatic heterocycles. The molecule has 1 aliphatic rings. The van der Waals surface area contributed by atoms with Crippen LogP contribution in [0.2, 0.25) is 0 Å². The summed E-state index contributed by atoms with van der Waals surface area (Å²) in [5.74, 6) is -1.33. The molecule has 1 aromatic carbocycles. The molecule has 0 aliphatic carbocycles. The topological polar surface area (TPSA) is 74.0 Å². The van der Waals surface area contributed by atoms with Crippen LogP contribution in [0.3, 0.4) is 0 Å². The number of thiophene rings is 1. The first-order valence-corrected chi connectivity index (χ1v) is 10.7. The van der Waals surface area contributed by atoms with Crippen LogP contribution in [0.4, 0.5) is 0 Å². The van der Waals surface area contributed by atoms with E-state index in [1.165, 1.54) is 11.3 Å². The number of amides is 1. The van der Waals surface area contributed by atoms with Crippen molar-refractivity contribution >= 4 is 34.0 Å². The third-order valence-corrected chi connectivity index (χ3v) is 6.19. The van der Waals surface area contributed by atoms with Gasteiger partial charge in [0.2, 0.25) is 5.78 Å². The Hall–Kier alpha value is -2.90. The van der Waals surface area contributed by atoms with Crippen LogP contribution in [0.25, 0.3) is 11.0 Å². The Kier molecular flexibility index (Phi) is 5.49. The quantitative estimate of drug-likeness (QED) is 0.572. The van der Waals surface area contributed by atoms with Crippen molar-refractivity contribution in [1.82, 2.24) is 9.80 Å². The van der Waals surface area contributed by atoms with Crippen LogP contribution in [0.15, 0.2) is 57.5 Å². The maximum absolute atomic E-state index is 13.4. The molecule has 1 unspecified atom stereocenters. The number of fused-ring (bicyclic) bond motifs is 1. The largest absolute Gasteiger partial charge is 0.503 e. The van der Waals surface area contributed by atoms with E-state index in [4.69, 9.17) is 4.42 Å². The molecule has 156 valence electrons. The van der Waals surface area contributed by atoms with E-state index in [-0.39, 0.29) is 11.3 Å².